The summed E-state index contributed by atoms with van der Waals surface area (Å²) in [6.45, 7) is 2.85. The molecule has 0 radical (unpaired) electrons. The van der Waals surface area contributed by atoms with Gasteiger partial charge in [0.1, 0.15) is 6.10 Å². The number of pyridine rings is 1. The second kappa shape index (κ2) is 8.25. The number of rotatable bonds is 5. The number of anilines is 1. The van der Waals surface area contributed by atoms with Gasteiger partial charge >= 0.3 is 0 Å². The number of carbonyl (C=O) groups is 2. The van der Waals surface area contributed by atoms with Crippen LogP contribution in [0.5, 0.6) is 5.88 Å². The van der Waals surface area contributed by atoms with E-state index < -0.39 is 0 Å². The molecule has 0 spiro atoms. The maximum absolute atomic E-state index is 12.6. The molecule has 2 amide bonds. The summed E-state index contributed by atoms with van der Waals surface area (Å²) in [5, 5.41) is 2.87. The molecule has 1 N–H and O–H groups in total. The summed E-state index contributed by atoms with van der Waals surface area (Å²) in [5.74, 6) is 1.21. The van der Waals surface area contributed by atoms with E-state index in [0.29, 0.717) is 24.8 Å². The highest BCUT2D eigenvalue weighted by Crippen LogP contribution is 2.30. The topological polar surface area (TPSA) is 80.8 Å². The monoisotopic (exact) mass is 373 g/mol. The number of ether oxygens (including phenoxy) is 2. The highest BCUT2D eigenvalue weighted by atomic mass is 16.5. The van der Waals surface area contributed by atoms with E-state index in [-0.39, 0.29) is 29.8 Å². The number of amides is 2. The Morgan fingerprint density at radius 2 is 1.78 bits per heavy atom. The van der Waals surface area contributed by atoms with Crippen LogP contribution in [0.1, 0.15) is 38.5 Å². The molecule has 1 aromatic heterocycles. The molecule has 3 aliphatic rings. The second-order valence-electron chi connectivity index (χ2n) is 7.68. The molecule has 4 rings (SSSR count). The molecular formula is C20H27N3O4. The van der Waals surface area contributed by atoms with Gasteiger partial charge < -0.3 is 19.7 Å². The molecule has 1 saturated carbocycles. The fourth-order valence-corrected chi connectivity index (χ4v) is 3.68. The van der Waals surface area contributed by atoms with E-state index in [1.54, 1.807) is 12.3 Å². The molecule has 3 fully saturated rings. The van der Waals surface area contributed by atoms with Gasteiger partial charge in [-0.2, -0.15) is 0 Å². The van der Waals surface area contributed by atoms with Crippen LogP contribution in [-0.2, 0) is 14.3 Å². The first-order valence-corrected chi connectivity index (χ1v) is 9.99. The number of likely N-dealkylation sites (tertiary alicyclic amines) is 1. The molecule has 146 valence electrons. The highest BCUT2D eigenvalue weighted by Gasteiger charge is 2.31. The van der Waals surface area contributed by atoms with Gasteiger partial charge in [0.25, 0.3) is 0 Å². The van der Waals surface area contributed by atoms with E-state index >= 15 is 0 Å². The Balaban J connectivity index is 1.22. The molecule has 27 heavy (non-hydrogen) atoms. The van der Waals surface area contributed by atoms with E-state index in [2.05, 4.69) is 10.3 Å². The Morgan fingerprint density at radius 3 is 2.41 bits per heavy atom. The molecule has 1 aromatic rings. The Morgan fingerprint density at radius 1 is 1.04 bits per heavy atom. The summed E-state index contributed by atoms with van der Waals surface area (Å²) in [4.78, 5) is 30.6. The first-order valence-electron chi connectivity index (χ1n) is 9.99. The quantitative estimate of drug-likeness (QED) is 0.856. The number of nitrogens with one attached hydrogen (secondary N) is 1. The van der Waals surface area contributed by atoms with E-state index in [9.17, 15) is 9.59 Å². The average molecular weight is 373 g/mol. The van der Waals surface area contributed by atoms with E-state index in [0.717, 1.165) is 51.6 Å². The Bertz CT molecular complexity index is 660. The molecule has 0 atom stereocenters. The Labute approximate surface area is 159 Å². The number of aromatic nitrogens is 1. The minimum Gasteiger partial charge on any atom is -0.474 e. The van der Waals surface area contributed by atoms with E-state index in [4.69, 9.17) is 9.47 Å². The molecule has 0 bridgehead atoms. The van der Waals surface area contributed by atoms with Crippen LogP contribution in [0.2, 0.25) is 0 Å². The predicted octanol–water partition coefficient (Wildman–Crippen LogP) is 2.23. The van der Waals surface area contributed by atoms with Crippen LogP contribution in [0.15, 0.2) is 18.3 Å². The van der Waals surface area contributed by atoms with Gasteiger partial charge in [0.05, 0.1) is 11.9 Å². The minimum absolute atomic E-state index is 0.0724. The standard InChI is InChI=1S/C20H27N3O4/c24-19(14-1-2-14)22-16-3-4-18(21-13-16)27-17-5-9-23(10-6-17)20(25)15-7-11-26-12-8-15/h3-4,13-15,17H,1-2,5-12H2,(H,22,24). The maximum Gasteiger partial charge on any atom is 0.227 e. The number of carbonyl (C=O) groups excluding carboxylic acids is 2. The largest absolute Gasteiger partial charge is 0.474 e. The molecule has 0 unspecified atom stereocenters. The maximum atomic E-state index is 12.6. The van der Waals surface area contributed by atoms with E-state index in [1.165, 1.54) is 0 Å². The fraction of sp³-hybridized carbons (Fsp3) is 0.650. The third-order valence-corrected chi connectivity index (χ3v) is 5.56. The number of hydrogen-bond acceptors (Lipinski definition) is 5. The molecular weight excluding hydrogens is 346 g/mol. The summed E-state index contributed by atoms with van der Waals surface area (Å²) in [6, 6.07) is 3.62. The zero-order chi connectivity index (χ0) is 18.6. The van der Waals surface area contributed by atoms with Crippen LogP contribution in [0.4, 0.5) is 5.69 Å². The van der Waals surface area contributed by atoms with Gasteiger partial charge in [-0.05, 0) is 31.7 Å². The van der Waals surface area contributed by atoms with Crippen LogP contribution < -0.4 is 10.1 Å². The van der Waals surface area contributed by atoms with Gasteiger partial charge in [-0.25, -0.2) is 4.98 Å². The molecule has 2 aliphatic heterocycles. The van der Waals surface area contributed by atoms with Crippen LogP contribution in [0.25, 0.3) is 0 Å². The van der Waals surface area contributed by atoms with Crippen molar-refractivity contribution < 1.29 is 19.1 Å². The van der Waals surface area contributed by atoms with Crippen LogP contribution in [0, 0.1) is 11.8 Å². The van der Waals surface area contributed by atoms with Gasteiger partial charge in [-0.1, -0.05) is 0 Å². The van der Waals surface area contributed by atoms with Crippen LogP contribution in [-0.4, -0.2) is 54.1 Å². The van der Waals surface area contributed by atoms with E-state index in [1.807, 2.05) is 11.0 Å². The van der Waals surface area contributed by atoms with Crippen LogP contribution in [0.3, 0.4) is 0 Å². The first-order chi connectivity index (χ1) is 13.2. The van der Waals surface area contributed by atoms with Gasteiger partial charge in [0.15, 0.2) is 0 Å². The Kier molecular flexibility index (Phi) is 5.57. The summed E-state index contributed by atoms with van der Waals surface area (Å²) in [7, 11) is 0. The number of piperidine rings is 1. The van der Waals surface area contributed by atoms with Gasteiger partial charge in [-0.15, -0.1) is 0 Å². The second-order valence-corrected chi connectivity index (χ2v) is 7.68. The van der Waals surface area contributed by atoms with Crippen LogP contribution >= 0.6 is 0 Å². The molecule has 2 saturated heterocycles. The smallest absolute Gasteiger partial charge is 0.227 e. The van der Waals surface area contributed by atoms with Crippen molar-refractivity contribution in [2.75, 3.05) is 31.6 Å². The third-order valence-electron chi connectivity index (χ3n) is 5.56. The highest BCUT2D eigenvalue weighted by molar-refractivity contribution is 5.93. The normalized spacial score (nSPS) is 21.7. The van der Waals surface area contributed by atoms with Crippen molar-refractivity contribution in [1.82, 2.24) is 9.88 Å². The fourth-order valence-electron chi connectivity index (χ4n) is 3.68. The first kappa shape index (κ1) is 18.2. The Hall–Kier alpha value is -2.15. The number of nitrogens with zero attached hydrogens (tertiary/aromatic N) is 2. The third kappa shape index (κ3) is 4.77. The molecule has 3 heterocycles. The molecule has 1 aliphatic carbocycles. The van der Waals surface area contributed by atoms with Gasteiger partial charge in [0, 0.05) is 57.0 Å². The predicted molar refractivity (Wildman–Crippen MR) is 99.4 cm³/mol. The lowest BCUT2D eigenvalue weighted by Crippen LogP contribution is -2.45. The van der Waals surface area contributed by atoms with Crippen molar-refractivity contribution in [3.8, 4) is 5.88 Å². The van der Waals surface area contributed by atoms with Crippen molar-refractivity contribution >= 4 is 17.5 Å². The van der Waals surface area contributed by atoms with Crippen molar-refractivity contribution in [3.05, 3.63) is 18.3 Å². The minimum atomic E-state index is 0.0724. The average Bonchev–Trinajstić information content (AvgIpc) is 3.56. The molecule has 7 nitrogen and oxygen atoms in total. The number of hydrogen-bond donors (Lipinski definition) is 1. The van der Waals surface area contributed by atoms with Crippen molar-refractivity contribution in [2.45, 2.75) is 44.6 Å². The van der Waals surface area contributed by atoms with Crippen molar-refractivity contribution in [3.63, 3.8) is 0 Å². The zero-order valence-corrected chi connectivity index (χ0v) is 15.6. The summed E-state index contributed by atoms with van der Waals surface area (Å²) in [5.41, 5.74) is 0.705. The summed E-state index contributed by atoms with van der Waals surface area (Å²) < 4.78 is 11.3. The zero-order valence-electron chi connectivity index (χ0n) is 15.6. The van der Waals surface area contributed by atoms with Gasteiger partial charge in [-0.3, -0.25) is 9.59 Å². The van der Waals surface area contributed by atoms with Crippen molar-refractivity contribution in [1.29, 1.82) is 0 Å². The molecule has 7 heteroatoms. The molecule has 0 aromatic carbocycles. The van der Waals surface area contributed by atoms with Gasteiger partial charge in [0.2, 0.25) is 17.7 Å². The SMILES string of the molecule is O=C(Nc1ccc(OC2CCN(C(=O)C3CCOCC3)CC2)nc1)C1CC1. The van der Waals surface area contributed by atoms with Crippen molar-refractivity contribution in [2.24, 2.45) is 11.8 Å². The summed E-state index contributed by atoms with van der Waals surface area (Å²) >= 11 is 0. The lowest BCUT2D eigenvalue weighted by Gasteiger charge is -2.35. The summed E-state index contributed by atoms with van der Waals surface area (Å²) in [6.07, 6.45) is 6.98. The lowest BCUT2D eigenvalue weighted by atomic mass is 9.97. The lowest BCUT2D eigenvalue weighted by molar-refractivity contribution is -0.140.